The van der Waals surface area contributed by atoms with E-state index < -0.39 is 5.97 Å². The van der Waals surface area contributed by atoms with Crippen LogP contribution in [0.4, 0.5) is 5.82 Å². The van der Waals surface area contributed by atoms with Crippen LogP contribution in [0.1, 0.15) is 10.5 Å². The zero-order valence-electron chi connectivity index (χ0n) is 10.0. The summed E-state index contributed by atoms with van der Waals surface area (Å²) >= 11 is 0. The number of carbonyl (C=O) groups is 1. The van der Waals surface area contributed by atoms with Gasteiger partial charge < -0.3 is 10.0 Å². The maximum atomic E-state index is 11.0. The van der Waals surface area contributed by atoms with E-state index in [4.69, 9.17) is 5.11 Å². The number of aromatic nitrogens is 3. The van der Waals surface area contributed by atoms with Gasteiger partial charge in [-0.05, 0) is 12.1 Å². The number of pyridine rings is 1. The van der Waals surface area contributed by atoms with Gasteiger partial charge in [-0.2, -0.15) is 0 Å². The van der Waals surface area contributed by atoms with E-state index in [1.807, 2.05) is 0 Å². The monoisotopic (exact) mass is 244 g/mol. The first-order chi connectivity index (χ1) is 8.58. The van der Waals surface area contributed by atoms with Gasteiger partial charge in [0, 0.05) is 26.4 Å². The lowest BCUT2D eigenvalue weighted by Gasteiger charge is -2.12. The van der Waals surface area contributed by atoms with Gasteiger partial charge in [0.15, 0.2) is 11.5 Å². The van der Waals surface area contributed by atoms with Crippen molar-refractivity contribution in [3.63, 3.8) is 0 Å². The molecule has 6 nitrogen and oxygen atoms in total. The molecule has 0 radical (unpaired) electrons. The van der Waals surface area contributed by atoms with Gasteiger partial charge in [-0.3, -0.25) is 4.98 Å². The number of rotatable bonds is 3. The minimum atomic E-state index is -1.09. The second-order valence-electron chi connectivity index (χ2n) is 3.85. The average Bonchev–Trinajstić information content (AvgIpc) is 2.39. The van der Waals surface area contributed by atoms with E-state index in [0.717, 1.165) is 0 Å². The number of hydrogen-bond donors (Lipinski definition) is 1. The van der Waals surface area contributed by atoms with Gasteiger partial charge in [0.05, 0.1) is 0 Å². The topological polar surface area (TPSA) is 79.2 Å². The highest BCUT2D eigenvalue weighted by molar-refractivity contribution is 5.86. The van der Waals surface area contributed by atoms with E-state index in [-0.39, 0.29) is 5.69 Å². The van der Waals surface area contributed by atoms with Crippen molar-refractivity contribution >= 4 is 11.8 Å². The van der Waals surface area contributed by atoms with Gasteiger partial charge >= 0.3 is 5.97 Å². The fourth-order valence-electron chi connectivity index (χ4n) is 1.38. The maximum Gasteiger partial charge on any atom is 0.354 e. The number of carboxylic acids is 1. The Labute approximate surface area is 104 Å². The summed E-state index contributed by atoms with van der Waals surface area (Å²) in [6.45, 7) is 0. The molecule has 0 fully saturated rings. The van der Waals surface area contributed by atoms with Crippen LogP contribution in [-0.2, 0) is 0 Å². The molecule has 18 heavy (non-hydrogen) atoms. The minimum Gasteiger partial charge on any atom is -0.477 e. The first-order valence-corrected chi connectivity index (χ1v) is 5.29. The van der Waals surface area contributed by atoms with Crippen LogP contribution in [-0.4, -0.2) is 40.1 Å². The lowest BCUT2D eigenvalue weighted by atomic mass is 10.3. The molecule has 0 aromatic carbocycles. The lowest BCUT2D eigenvalue weighted by molar-refractivity contribution is 0.0690. The van der Waals surface area contributed by atoms with E-state index in [2.05, 4.69) is 15.0 Å². The predicted octanol–water partition coefficient (Wildman–Crippen LogP) is 1.30. The highest BCUT2D eigenvalue weighted by Gasteiger charge is 2.13. The third kappa shape index (κ3) is 2.42. The van der Waals surface area contributed by atoms with E-state index >= 15 is 0 Å². The average molecular weight is 244 g/mol. The van der Waals surface area contributed by atoms with Crippen molar-refractivity contribution in [2.45, 2.75) is 0 Å². The Hall–Kier alpha value is -2.50. The molecule has 0 aliphatic rings. The van der Waals surface area contributed by atoms with Gasteiger partial charge in [-0.1, -0.05) is 6.07 Å². The quantitative estimate of drug-likeness (QED) is 0.876. The van der Waals surface area contributed by atoms with E-state index in [0.29, 0.717) is 17.3 Å². The number of carboxylic acid groups (broad SMARTS) is 1. The summed E-state index contributed by atoms with van der Waals surface area (Å²) in [5.74, 6) is -0.250. The van der Waals surface area contributed by atoms with Gasteiger partial charge in [-0.15, -0.1) is 0 Å². The van der Waals surface area contributed by atoms with E-state index in [1.165, 1.54) is 6.07 Å². The van der Waals surface area contributed by atoms with Crippen LogP contribution in [0, 0.1) is 0 Å². The second kappa shape index (κ2) is 4.79. The Morgan fingerprint density at radius 2 is 2.06 bits per heavy atom. The van der Waals surface area contributed by atoms with Crippen LogP contribution in [0.5, 0.6) is 0 Å². The fourth-order valence-corrected chi connectivity index (χ4v) is 1.38. The van der Waals surface area contributed by atoms with Crippen LogP contribution in [0.3, 0.4) is 0 Å². The Morgan fingerprint density at radius 3 is 2.61 bits per heavy atom. The van der Waals surface area contributed by atoms with Crippen LogP contribution in [0.15, 0.2) is 30.5 Å². The first-order valence-electron chi connectivity index (χ1n) is 5.29. The summed E-state index contributed by atoms with van der Waals surface area (Å²) in [5.41, 5.74) is 0.498. The van der Waals surface area contributed by atoms with Crippen LogP contribution in [0.25, 0.3) is 11.5 Å². The smallest absolute Gasteiger partial charge is 0.354 e. The van der Waals surface area contributed by atoms with Crippen molar-refractivity contribution in [1.29, 1.82) is 0 Å². The number of hydrogen-bond acceptors (Lipinski definition) is 5. The highest BCUT2D eigenvalue weighted by atomic mass is 16.4. The van der Waals surface area contributed by atoms with Crippen molar-refractivity contribution < 1.29 is 9.90 Å². The molecule has 1 N–H and O–H groups in total. The van der Waals surface area contributed by atoms with Gasteiger partial charge in [0.1, 0.15) is 11.5 Å². The molecule has 0 saturated heterocycles. The fraction of sp³-hybridized carbons (Fsp3) is 0.167. The lowest BCUT2D eigenvalue weighted by Crippen LogP contribution is -2.14. The SMILES string of the molecule is CN(C)c1cc(C(=O)O)nc(-c2ccccn2)n1. The molecule has 2 rings (SSSR count). The Kier molecular flexibility index (Phi) is 3.18. The molecule has 2 aromatic heterocycles. The molecule has 2 aromatic rings. The molecule has 92 valence electrons. The molecule has 0 spiro atoms. The van der Waals surface area contributed by atoms with Crippen LogP contribution in [0.2, 0.25) is 0 Å². The molecular weight excluding hydrogens is 232 g/mol. The van der Waals surface area contributed by atoms with Gasteiger partial charge in [0.25, 0.3) is 0 Å². The third-order valence-electron chi connectivity index (χ3n) is 2.28. The second-order valence-corrected chi connectivity index (χ2v) is 3.85. The Balaban J connectivity index is 2.57. The Morgan fingerprint density at radius 1 is 1.28 bits per heavy atom. The van der Waals surface area contributed by atoms with Crippen molar-refractivity contribution in [2.24, 2.45) is 0 Å². The maximum absolute atomic E-state index is 11.0. The third-order valence-corrected chi connectivity index (χ3v) is 2.28. The number of nitrogens with zero attached hydrogens (tertiary/aromatic N) is 4. The van der Waals surface area contributed by atoms with Crippen LogP contribution >= 0.6 is 0 Å². The molecule has 2 heterocycles. The largest absolute Gasteiger partial charge is 0.477 e. The molecule has 0 atom stereocenters. The van der Waals surface area contributed by atoms with Gasteiger partial charge in [-0.25, -0.2) is 14.8 Å². The van der Waals surface area contributed by atoms with Gasteiger partial charge in [0.2, 0.25) is 0 Å². The van der Waals surface area contributed by atoms with Crippen LogP contribution < -0.4 is 4.90 Å². The number of aromatic carboxylic acids is 1. The van der Waals surface area contributed by atoms with Crippen molar-refractivity contribution in [3.05, 3.63) is 36.2 Å². The summed E-state index contributed by atoms with van der Waals surface area (Å²) in [5, 5.41) is 9.03. The summed E-state index contributed by atoms with van der Waals surface area (Å²) in [6.07, 6.45) is 1.61. The zero-order chi connectivity index (χ0) is 13.1. The zero-order valence-corrected chi connectivity index (χ0v) is 10.0. The van der Waals surface area contributed by atoms with Crippen molar-refractivity contribution in [2.75, 3.05) is 19.0 Å². The standard InChI is InChI=1S/C12H12N4O2/c1-16(2)10-7-9(12(17)18)14-11(15-10)8-5-3-4-6-13-8/h3-7H,1-2H3,(H,17,18). The molecular formula is C12H12N4O2. The summed E-state index contributed by atoms with van der Waals surface area (Å²) < 4.78 is 0. The van der Waals surface area contributed by atoms with E-state index in [9.17, 15) is 4.79 Å². The molecule has 0 aliphatic carbocycles. The normalized spacial score (nSPS) is 10.1. The Bertz CT molecular complexity index is 570. The molecule has 0 bridgehead atoms. The summed E-state index contributed by atoms with van der Waals surface area (Å²) in [7, 11) is 3.58. The summed E-state index contributed by atoms with van der Waals surface area (Å²) in [4.78, 5) is 25.1. The van der Waals surface area contributed by atoms with E-state index in [1.54, 1.807) is 43.4 Å². The molecule has 6 heteroatoms. The first kappa shape index (κ1) is 12.0. The highest BCUT2D eigenvalue weighted by Crippen LogP contribution is 2.17. The molecule has 0 aliphatic heterocycles. The molecule has 0 saturated carbocycles. The van der Waals surface area contributed by atoms with Crippen molar-refractivity contribution in [3.8, 4) is 11.5 Å². The minimum absolute atomic E-state index is 0.0469. The summed E-state index contributed by atoms with van der Waals surface area (Å²) in [6, 6.07) is 6.74. The van der Waals surface area contributed by atoms with Crippen molar-refractivity contribution in [1.82, 2.24) is 15.0 Å². The number of anilines is 1. The molecule has 0 amide bonds. The molecule has 0 unspecified atom stereocenters. The predicted molar refractivity (Wildman–Crippen MR) is 66.5 cm³/mol.